The van der Waals surface area contributed by atoms with E-state index in [0.29, 0.717) is 112 Å². The number of rotatable bonds is 24. The standard InChI is InChI=1S/C25H22N2O4.C25H22N2O3.C23H25N3O3.C21H17N3O3.C21H23N3O3/c1-31-21-8-5-18(6-9-21)19-4-2-3-17(13-19)11-12-27-16-26-23-10-7-20(24(29)15-28)14-22(23)25(27)30;1-17-4-2-6-19(12-17)20-7-3-5-18(13-20)10-11-27-16-26-23-9-8-21(24(29)15-28)14-22(23)25(27)30;1-2-25-11-8-16(9-12-25)18-4-3-5-20(14-18)26-13-10-17-6-7-19(22(27)24-29)15-21(17)23(26)28;25-20(22-27)17-6-5-16-9-12-24(21(26)19(16)13-17)14-15-3-7-18(8-4-15)23-10-1-2-11-23;25-20(23-27)17-5-4-15-8-11-24(21(26)19(15)13-17)18-3-1-2-16(12-18)14-6-9-22-10-7-14/h2-10,13-14,16,28H,11-12,15H2,1H3;2-9,12-14,16,28H,10-11,15H2,1H3;3-7,10,13-16,29H,2,8-9,11-12H2,1H3,(H,24,27);1-13,27H,14H2,(H,22,25);1-3,8,11-14,22,27H,4-7,9-10H2,(H,23,25). The minimum atomic E-state index is -0.646. The zero-order chi connectivity index (χ0) is 101. The number of benzene rings is 11. The highest BCUT2D eigenvalue weighted by Gasteiger charge is 2.25. The van der Waals surface area contributed by atoms with E-state index in [1.807, 2.05) is 151 Å². The van der Waals surface area contributed by atoms with Crippen molar-refractivity contribution in [3.63, 3.8) is 0 Å². The lowest BCUT2D eigenvalue weighted by Crippen LogP contribution is -2.32. The highest BCUT2D eigenvalue weighted by molar-refractivity contribution is 6.02. The number of methoxy groups -OCH3 is 1. The molecule has 8 heterocycles. The maximum absolute atomic E-state index is 13.1. The summed E-state index contributed by atoms with van der Waals surface area (Å²) in [5, 5.41) is 51.1. The number of hydrogen-bond acceptors (Lipinski definition) is 20. The number of carbonyl (C=O) groups excluding carboxylic acids is 5. The number of nitrogens with one attached hydrogen (secondary N) is 4. The van der Waals surface area contributed by atoms with Crippen molar-refractivity contribution in [3.05, 3.63) is 441 Å². The van der Waals surface area contributed by atoms with E-state index in [1.54, 1.807) is 120 Å². The molecular weight excluding hydrogens is 1820 g/mol. The van der Waals surface area contributed by atoms with Crippen molar-refractivity contribution < 1.29 is 54.5 Å². The fraction of sp³-hybridized carbons (Fsp3) is 0.200. The second-order valence-corrected chi connectivity index (χ2v) is 35.6. The van der Waals surface area contributed by atoms with Gasteiger partial charge in [-0.1, -0.05) is 146 Å². The summed E-state index contributed by atoms with van der Waals surface area (Å²) in [5.74, 6) is -0.843. The molecule has 2 saturated heterocycles. The van der Waals surface area contributed by atoms with E-state index in [9.17, 15) is 47.9 Å². The topological polar surface area (TPSA) is 388 Å². The van der Waals surface area contributed by atoms with Gasteiger partial charge in [0, 0.05) is 105 Å². The summed E-state index contributed by atoms with van der Waals surface area (Å²) in [7, 11) is 1.64. The van der Waals surface area contributed by atoms with Crippen LogP contribution in [0.25, 0.3) is 88.7 Å². The van der Waals surface area contributed by atoms with Crippen LogP contribution >= 0.6 is 0 Å². The molecule has 17 aromatic rings. The second-order valence-electron chi connectivity index (χ2n) is 35.6. The van der Waals surface area contributed by atoms with Crippen molar-refractivity contribution >= 4 is 78.7 Å². The molecule has 0 bridgehead atoms. The van der Waals surface area contributed by atoms with Crippen LogP contribution in [0.4, 0.5) is 0 Å². The number of hydroxylamine groups is 3. The summed E-state index contributed by atoms with van der Waals surface area (Å²) < 4.78 is 15.2. The highest BCUT2D eigenvalue weighted by Crippen LogP contribution is 2.33. The van der Waals surface area contributed by atoms with Gasteiger partial charge >= 0.3 is 0 Å². The van der Waals surface area contributed by atoms with Crippen LogP contribution in [-0.4, -0.2) is 150 Å². The normalized spacial score (nSPS) is 13.0. The molecule has 3 aliphatic rings. The van der Waals surface area contributed by atoms with Gasteiger partial charge in [-0.25, -0.2) is 26.4 Å². The Hall–Kier alpha value is -16.6. The number of likely N-dealkylation sites (tertiary alicyclic amines) is 1. The third-order valence-electron chi connectivity index (χ3n) is 26.5. The van der Waals surface area contributed by atoms with Crippen LogP contribution < -0.4 is 54.3 Å². The molecule has 20 rings (SSSR count). The van der Waals surface area contributed by atoms with Gasteiger partial charge in [0.2, 0.25) is 0 Å². The average molecular weight is 1930 g/mol. The molecule has 9 N–H and O–H groups in total. The van der Waals surface area contributed by atoms with Crippen LogP contribution in [0.5, 0.6) is 5.75 Å². The Morgan fingerprint density at radius 1 is 0.424 bits per heavy atom. The van der Waals surface area contributed by atoms with Gasteiger partial charge in [0.1, 0.15) is 19.0 Å². The largest absolute Gasteiger partial charge is 0.497 e. The number of nitrogens with zero attached hydrogens (tertiary/aromatic N) is 9. The van der Waals surface area contributed by atoms with Gasteiger partial charge in [-0.3, -0.25) is 81.8 Å². The molecule has 730 valence electrons. The Bertz CT molecular complexity index is 7950. The number of aryl methyl sites for hydroxylation is 6. The summed E-state index contributed by atoms with van der Waals surface area (Å²) in [4.78, 5) is 135. The van der Waals surface area contributed by atoms with E-state index in [4.69, 9.17) is 30.6 Å². The molecule has 0 spiro atoms. The van der Waals surface area contributed by atoms with Gasteiger partial charge in [-0.15, -0.1) is 0 Å². The molecule has 2 aliphatic heterocycles. The van der Waals surface area contributed by atoms with Crippen molar-refractivity contribution in [1.82, 2.24) is 64.0 Å². The van der Waals surface area contributed by atoms with Crippen LogP contribution in [0, 0.1) is 6.92 Å². The summed E-state index contributed by atoms with van der Waals surface area (Å²) >= 11 is 0. The van der Waals surface area contributed by atoms with Gasteiger partial charge < -0.3 is 34.3 Å². The number of fused-ring (bicyclic) bond motifs is 5. The molecule has 0 atom stereocenters. The Morgan fingerprint density at radius 2 is 0.910 bits per heavy atom. The molecule has 2 fully saturated rings. The third kappa shape index (κ3) is 24.0. The Labute approximate surface area is 828 Å². The highest BCUT2D eigenvalue weighted by atomic mass is 16.5. The molecule has 1 aliphatic carbocycles. The lowest BCUT2D eigenvalue weighted by molar-refractivity contribution is -0.125. The first-order valence-electron chi connectivity index (χ1n) is 47.7. The molecule has 144 heavy (non-hydrogen) atoms. The van der Waals surface area contributed by atoms with Gasteiger partial charge in [0.05, 0.1) is 48.1 Å². The van der Waals surface area contributed by atoms with Crippen LogP contribution in [0.1, 0.15) is 137 Å². The number of aliphatic hydroxyl groups excluding tert-OH is 2. The Morgan fingerprint density at radius 3 is 1.44 bits per heavy atom. The fourth-order valence-electron chi connectivity index (χ4n) is 18.3. The lowest BCUT2D eigenvalue weighted by Gasteiger charge is -2.31. The SMILES string of the molecule is CCN1CCC(c2cccc(-n3ccc4ccc(C(=O)NO)cc4c3=O)c2)CC1.COc1ccc(-c2cccc(CCn3cnc4ccc(C(=O)CO)cc4c3=O)c2)cc1.Cc1cccc(-c2cccc(CCn3cnc4ccc(C(=O)CO)cc4c3=O)c2)c1.O=C(NO)C1=Cc2c(ccn(-c3cccc(C4CCNCC4)c3)c2=O)CC1.O=C(NO)c1ccc2ccn(Cc3ccc(-n4cccc4)cc3)c(=O)c2c1. The smallest absolute Gasteiger partial charge is 0.274 e. The zero-order valence-corrected chi connectivity index (χ0v) is 79.7. The minimum Gasteiger partial charge on any atom is -0.497 e. The van der Waals surface area contributed by atoms with E-state index in [-0.39, 0.29) is 38.9 Å². The van der Waals surface area contributed by atoms with Gasteiger partial charge in [-0.05, 0) is 315 Å². The van der Waals surface area contributed by atoms with Gasteiger partial charge in [-0.2, -0.15) is 0 Å². The minimum absolute atomic E-state index is 0.141. The zero-order valence-electron chi connectivity index (χ0n) is 79.7. The Balaban J connectivity index is 0.000000129. The van der Waals surface area contributed by atoms with E-state index >= 15 is 0 Å². The number of amides is 3. The van der Waals surface area contributed by atoms with Gasteiger partial charge in [0.15, 0.2) is 11.6 Å². The number of aliphatic hydroxyl groups is 2. The lowest BCUT2D eigenvalue weighted by atomic mass is 9.89. The van der Waals surface area contributed by atoms with E-state index < -0.39 is 42.5 Å². The first kappa shape index (κ1) is 100. The van der Waals surface area contributed by atoms with Crippen molar-refractivity contribution in [3.8, 4) is 45.1 Å². The molecule has 3 amide bonds. The second kappa shape index (κ2) is 47.1. The summed E-state index contributed by atoms with van der Waals surface area (Å²) in [6.45, 7) is 9.82. The predicted molar refractivity (Wildman–Crippen MR) is 556 cm³/mol. The van der Waals surface area contributed by atoms with Crippen molar-refractivity contribution in [2.24, 2.45) is 0 Å². The number of hydrogen-bond donors (Lipinski definition) is 9. The van der Waals surface area contributed by atoms with Gasteiger partial charge in [0.25, 0.3) is 45.5 Å². The van der Waals surface area contributed by atoms with Crippen LogP contribution in [0.3, 0.4) is 0 Å². The van der Waals surface area contributed by atoms with E-state index in [0.717, 1.165) is 131 Å². The van der Waals surface area contributed by atoms with Crippen molar-refractivity contribution in [2.75, 3.05) is 53.0 Å². The molecule has 29 heteroatoms. The number of carbonyl (C=O) groups is 5. The number of Topliss-reactive ketones (excluding diaryl/α,β-unsaturated/α-hetero) is 2. The molecular formula is C115H109N13O16. The average Bonchev–Trinajstić information content (AvgIpc) is 0.805. The fourth-order valence-corrected chi connectivity index (χ4v) is 18.3. The number of ketones is 2. The first-order valence-corrected chi connectivity index (χ1v) is 47.7. The molecule has 11 aromatic carbocycles. The molecule has 0 saturated carbocycles. The van der Waals surface area contributed by atoms with Crippen LogP contribution in [-0.2, 0) is 43.7 Å². The van der Waals surface area contributed by atoms with Crippen LogP contribution in [0.2, 0.25) is 0 Å². The first-order chi connectivity index (χ1) is 70.1. The summed E-state index contributed by atoms with van der Waals surface area (Å²) in [5.41, 5.74) is 22.1. The predicted octanol–water partition coefficient (Wildman–Crippen LogP) is 15.7. The molecule has 6 aromatic heterocycles. The molecule has 0 unspecified atom stereocenters. The number of ether oxygens (including phenoxy) is 1. The Kier molecular flexibility index (Phi) is 32.8. The summed E-state index contributed by atoms with van der Waals surface area (Å²) in [6, 6.07) is 85.7. The van der Waals surface area contributed by atoms with Crippen molar-refractivity contribution in [1.29, 1.82) is 0 Å². The third-order valence-corrected chi connectivity index (χ3v) is 26.5. The maximum atomic E-state index is 13.1. The van der Waals surface area contributed by atoms with E-state index in [1.165, 1.54) is 52.8 Å². The van der Waals surface area contributed by atoms with Crippen molar-refractivity contribution in [2.45, 2.75) is 96.7 Å². The number of aromatic nitrogens is 8. The molecule has 29 nitrogen and oxygen atoms in total. The number of pyridine rings is 3. The quantitative estimate of drug-likeness (QED) is 0.0154. The van der Waals surface area contributed by atoms with Crippen LogP contribution in [0.15, 0.2) is 346 Å². The monoisotopic (exact) mass is 1930 g/mol. The summed E-state index contributed by atoms with van der Waals surface area (Å²) in [6.07, 6.45) is 20.9. The maximum Gasteiger partial charge on any atom is 0.274 e. The number of piperidine rings is 2. The van der Waals surface area contributed by atoms with E-state index in [2.05, 4.69) is 107 Å². The molecule has 0 radical (unpaired) electrons.